The third-order valence-electron chi connectivity index (χ3n) is 4.17. The van der Waals surface area contributed by atoms with Crippen LogP contribution in [-0.4, -0.2) is 26.3 Å². The van der Waals surface area contributed by atoms with E-state index in [-0.39, 0.29) is 0 Å². The molecule has 0 amide bonds. The van der Waals surface area contributed by atoms with Crippen LogP contribution in [0.4, 0.5) is 0 Å². The Morgan fingerprint density at radius 1 is 1.11 bits per heavy atom. The number of piperidine rings is 1. The van der Waals surface area contributed by atoms with Gasteiger partial charge in [-0.3, -0.25) is 0 Å². The van der Waals surface area contributed by atoms with Gasteiger partial charge in [0.2, 0.25) is 0 Å². The van der Waals surface area contributed by atoms with Gasteiger partial charge in [0.15, 0.2) is 11.5 Å². The number of fused-ring (bicyclic) bond motifs is 1. The van der Waals surface area contributed by atoms with E-state index in [0.717, 1.165) is 50.1 Å². The van der Waals surface area contributed by atoms with Crippen LogP contribution < -0.4 is 14.8 Å². The van der Waals surface area contributed by atoms with Gasteiger partial charge in [0.25, 0.3) is 0 Å². The van der Waals surface area contributed by atoms with Gasteiger partial charge in [-0.25, -0.2) is 0 Å². The van der Waals surface area contributed by atoms with Gasteiger partial charge in [-0.05, 0) is 68.5 Å². The molecule has 0 atom stereocenters. The van der Waals surface area contributed by atoms with E-state index in [9.17, 15) is 0 Å². The zero-order valence-electron chi connectivity index (χ0n) is 11.7. The second-order valence-electron chi connectivity index (χ2n) is 5.67. The van der Waals surface area contributed by atoms with Crippen LogP contribution in [-0.2, 0) is 6.42 Å². The van der Waals surface area contributed by atoms with Crippen molar-refractivity contribution in [3.05, 3.63) is 23.3 Å². The molecule has 1 N–H and O–H groups in total. The number of hydrogen-bond donors (Lipinski definition) is 1. The Morgan fingerprint density at radius 2 is 1.79 bits per heavy atom. The summed E-state index contributed by atoms with van der Waals surface area (Å²) < 4.78 is 11.5. The molecule has 19 heavy (non-hydrogen) atoms. The first-order chi connectivity index (χ1) is 9.33. The molecule has 0 saturated carbocycles. The Balaban J connectivity index is 1.78. The first-order valence-corrected chi connectivity index (χ1v) is 7.43. The summed E-state index contributed by atoms with van der Waals surface area (Å²) in [5.41, 5.74) is 2.76. The van der Waals surface area contributed by atoms with E-state index < -0.39 is 0 Å². The molecule has 0 spiro atoms. The summed E-state index contributed by atoms with van der Waals surface area (Å²) in [6.07, 6.45) is 4.71. The van der Waals surface area contributed by atoms with Crippen LogP contribution in [0.2, 0.25) is 0 Å². The third kappa shape index (κ3) is 3.03. The Hall–Kier alpha value is -1.22. The van der Waals surface area contributed by atoms with E-state index in [1.807, 2.05) is 0 Å². The lowest BCUT2D eigenvalue weighted by Crippen LogP contribution is -2.28. The zero-order chi connectivity index (χ0) is 13.1. The van der Waals surface area contributed by atoms with Crippen molar-refractivity contribution in [1.82, 2.24) is 5.32 Å². The highest BCUT2D eigenvalue weighted by molar-refractivity contribution is 5.47. The lowest BCUT2D eigenvalue weighted by atomic mass is 9.89. The first kappa shape index (κ1) is 12.8. The maximum Gasteiger partial charge on any atom is 0.161 e. The highest BCUT2D eigenvalue weighted by Crippen LogP contribution is 2.34. The molecule has 104 valence electrons. The molecule has 3 nitrogen and oxygen atoms in total. The number of ether oxygens (including phenoxy) is 2. The molecule has 0 radical (unpaired) electrons. The summed E-state index contributed by atoms with van der Waals surface area (Å²) in [5, 5.41) is 3.43. The molecule has 3 heteroatoms. The molecule has 1 fully saturated rings. The predicted octanol–water partition coefficient (Wildman–Crippen LogP) is 2.70. The number of rotatable bonds is 2. The largest absolute Gasteiger partial charge is 0.490 e. The van der Waals surface area contributed by atoms with E-state index in [0.29, 0.717) is 0 Å². The fourth-order valence-electron chi connectivity index (χ4n) is 2.97. The number of aryl methyl sites for hydroxylation is 1. The van der Waals surface area contributed by atoms with E-state index >= 15 is 0 Å². The van der Waals surface area contributed by atoms with Gasteiger partial charge < -0.3 is 14.8 Å². The number of nitrogens with one attached hydrogen (secondary N) is 1. The van der Waals surface area contributed by atoms with E-state index in [4.69, 9.17) is 9.47 Å². The van der Waals surface area contributed by atoms with Crippen LogP contribution in [0.1, 0.15) is 30.4 Å². The predicted molar refractivity (Wildman–Crippen MR) is 76.1 cm³/mol. The Bertz CT molecular complexity index is 439. The minimum absolute atomic E-state index is 0.764. The molecule has 0 bridgehead atoms. The SMILES string of the molecule is Cc1cc2c(cc1CC1CCNCC1)OCCCO2. The fourth-order valence-corrected chi connectivity index (χ4v) is 2.97. The standard InChI is InChI=1S/C16H23NO2/c1-12-9-15-16(19-8-2-7-18-15)11-14(12)10-13-3-5-17-6-4-13/h9,11,13,17H,2-8,10H2,1H3. The number of benzene rings is 1. The zero-order valence-corrected chi connectivity index (χ0v) is 11.7. The molecule has 2 heterocycles. The average molecular weight is 261 g/mol. The molecule has 0 unspecified atom stereocenters. The van der Waals surface area contributed by atoms with Crippen LogP contribution in [0, 0.1) is 12.8 Å². The van der Waals surface area contributed by atoms with E-state index in [1.54, 1.807) is 0 Å². The van der Waals surface area contributed by atoms with E-state index in [1.165, 1.54) is 30.4 Å². The molecular formula is C16H23NO2. The fraction of sp³-hybridized carbons (Fsp3) is 0.625. The van der Waals surface area contributed by atoms with Crippen LogP contribution in [0.3, 0.4) is 0 Å². The molecule has 0 aliphatic carbocycles. The van der Waals surface area contributed by atoms with Gasteiger partial charge in [0, 0.05) is 6.42 Å². The van der Waals surface area contributed by atoms with Crippen LogP contribution in [0.15, 0.2) is 12.1 Å². The van der Waals surface area contributed by atoms with Crippen LogP contribution in [0.5, 0.6) is 11.5 Å². The lowest BCUT2D eigenvalue weighted by molar-refractivity contribution is 0.297. The van der Waals surface area contributed by atoms with Gasteiger partial charge >= 0.3 is 0 Å². The van der Waals surface area contributed by atoms with Crippen molar-refractivity contribution >= 4 is 0 Å². The second kappa shape index (κ2) is 5.83. The minimum Gasteiger partial charge on any atom is -0.490 e. The molecule has 2 aliphatic rings. The normalized spacial score (nSPS) is 20.1. The van der Waals surface area contributed by atoms with E-state index in [2.05, 4.69) is 24.4 Å². The number of hydrogen-bond acceptors (Lipinski definition) is 3. The first-order valence-electron chi connectivity index (χ1n) is 7.43. The summed E-state index contributed by atoms with van der Waals surface area (Å²) in [7, 11) is 0. The topological polar surface area (TPSA) is 30.5 Å². The van der Waals surface area contributed by atoms with Crippen LogP contribution >= 0.6 is 0 Å². The third-order valence-corrected chi connectivity index (χ3v) is 4.17. The molecular weight excluding hydrogens is 238 g/mol. The van der Waals surface area contributed by atoms with Crippen molar-refractivity contribution in [2.45, 2.75) is 32.6 Å². The minimum atomic E-state index is 0.764. The average Bonchev–Trinajstić information content (AvgIpc) is 2.65. The van der Waals surface area contributed by atoms with Crippen molar-refractivity contribution in [3.63, 3.8) is 0 Å². The Labute approximate surface area is 115 Å². The summed E-state index contributed by atoms with van der Waals surface area (Å²) in [6, 6.07) is 4.36. The quantitative estimate of drug-likeness (QED) is 0.888. The van der Waals surface area contributed by atoms with Gasteiger partial charge in [-0.2, -0.15) is 0 Å². The van der Waals surface area contributed by atoms with Crippen LogP contribution in [0.25, 0.3) is 0 Å². The second-order valence-corrected chi connectivity index (χ2v) is 5.67. The van der Waals surface area contributed by atoms with Gasteiger partial charge in [-0.1, -0.05) is 0 Å². The monoisotopic (exact) mass is 261 g/mol. The van der Waals surface area contributed by atoms with Gasteiger partial charge in [0.1, 0.15) is 0 Å². The summed E-state index contributed by atoms with van der Waals surface area (Å²) in [5.74, 6) is 2.67. The highest BCUT2D eigenvalue weighted by atomic mass is 16.5. The highest BCUT2D eigenvalue weighted by Gasteiger charge is 2.17. The van der Waals surface area contributed by atoms with Crippen molar-refractivity contribution in [2.24, 2.45) is 5.92 Å². The molecule has 1 aromatic carbocycles. The van der Waals surface area contributed by atoms with Crippen molar-refractivity contribution < 1.29 is 9.47 Å². The lowest BCUT2D eigenvalue weighted by Gasteiger charge is -2.23. The maximum absolute atomic E-state index is 5.80. The summed E-state index contributed by atoms with van der Waals surface area (Å²) in [6.45, 7) is 6.04. The Kier molecular flexibility index (Phi) is 3.92. The van der Waals surface area contributed by atoms with Gasteiger partial charge in [-0.15, -0.1) is 0 Å². The maximum atomic E-state index is 5.80. The van der Waals surface area contributed by atoms with Gasteiger partial charge in [0.05, 0.1) is 13.2 Å². The smallest absolute Gasteiger partial charge is 0.161 e. The molecule has 2 aliphatic heterocycles. The molecule has 3 rings (SSSR count). The molecule has 1 aromatic rings. The Morgan fingerprint density at radius 3 is 2.53 bits per heavy atom. The molecule has 1 saturated heterocycles. The summed E-state index contributed by atoms with van der Waals surface area (Å²) >= 11 is 0. The van der Waals surface area contributed by atoms with Crippen molar-refractivity contribution in [1.29, 1.82) is 0 Å². The van der Waals surface area contributed by atoms with Crippen molar-refractivity contribution in [2.75, 3.05) is 26.3 Å². The van der Waals surface area contributed by atoms with Crippen molar-refractivity contribution in [3.8, 4) is 11.5 Å². The molecule has 0 aromatic heterocycles. The summed E-state index contributed by atoms with van der Waals surface area (Å²) in [4.78, 5) is 0.